The van der Waals surface area contributed by atoms with E-state index in [1.807, 2.05) is 36.4 Å². The van der Waals surface area contributed by atoms with Crippen LogP contribution in [0.25, 0.3) is 5.57 Å². The number of ether oxygens (including phenoxy) is 3. The molecule has 2 heterocycles. The van der Waals surface area contributed by atoms with Gasteiger partial charge in [0.05, 0.1) is 17.8 Å². The van der Waals surface area contributed by atoms with Gasteiger partial charge in [0.2, 0.25) is 5.78 Å². The minimum Gasteiger partial charge on any atom is -0.506 e. The normalized spacial score (nSPS) is 20.9. The Morgan fingerprint density at radius 2 is 1.62 bits per heavy atom. The highest BCUT2D eigenvalue weighted by atomic mass is 16.5. The molecule has 2 aliphatic heterocycles. The molecule has 1 aromatic carbocycles. The second-order valence-electron chi connectivity index (χ2n) is 15.1. The third-order valence-electron chi connectivity index (χ3n) is 9.55. The number of nitrogens with zero attached hydrogens (tertiary/aromatic N) is 1. The number of benzene rings is 1. The van der Waals surface area contributed by atoms with Crippen LogP contribution in [0.3, 0.4) is 0 Å². The average molecular weight is 652 g/mol. The van der Waals surface area contributed by atoms with Gasteiger partial charge in [0.15, 0.2) is 0 Å². The summed E-state index contributed by atoms with van der Waals surface area (Å²) in [6.07, 6.45) is 15.4. The lowest BCUT2D eigenvalue weighted by atomic mass is 9.81. The number of aliphatic hydroxyl groups is 1. The van der Waals surface area contributed by atoms with Gasteiger partial charge >= 0.3 is 0 Å². The van der Waals surface area contributed by atoms with E-state index in [2.05, 4.69) is 86.3 Å². The van der Waals surface area contributed by atoms with Crippen molar-refractivity contribution in [2.45, 2.75) is 88.2 Å². The smallest absolute Gasteiger partial charge is 0.200 e. The second-order valence-corrected chi connectivity index (χ2v) is 15.1. The minimum absolute atomic E-state index is 0.00242. The molecular weight excluding hydrogens is 598 g/mol. The van der Waals surface area contributed by atoms with E-state index >= 15 is 0 Å². The van der Waals surface area contributed by atoms with E-state index in [4.69, 9.17) is 14.2 Å². The quantitative estimate of drug-likeness (QED) is 0.254. The largest absolute Gasteiger partial charge is 0.506 e. The standard InChI is InChI=1S/C42H53NO5/c1-11-26(12-2)25-46-30-16-18-32-28(22-38(42(8,9)10)48-36(32)24-30)20-34-39(44)33(40(34)45)19-27-21-37(41(5,6)7)47-35-23-29(15-17-31(27)35)43(13-3)14-4/h15-24,26,36,44H,11-14,25H2,1-10H3. The maximum atomic E-state index is 13.7. The predicted molar refractivity (Wildman–Crippen MR) is 196 cm³/mol. The zero-order valence-electron chi connectivity index (χ0n) is 30.5. The maximum Gasteiger partial charge on any atom is 0.200 e. The summed E-state index contributed by atoms with van der Waals surface area (Å²) in [6.45, 7) is 23.7. The van der Waals surface area contributed by atoms with Crippen molar-refractivity contribution in [2.24, 2.45) is 16.7 Å². The third-order valence-corrected chi connectivity index (χ3v) is 9.55. The zero-order valence-corrected chi connectivity index (χ0v) is 30.5. The first-order chi connectivity index (χ1) is 22.7. The molecule has 2 aliphatic carbocycles. The Morgan fingerprint density at radius 1 is 0.938 bits per heavy atom. The summed E-state index contributed by atoms with van der Waals surface area (Å²) in [4.78, 5) is 16.0. The molecule has 0 amide bonds. The summed E-state index contributed by atoms with van der Waals surface area (Å²) in [5, 5.41) is 11.3. The number of carbonyl (C=O) groups excluding carboxylic acids is 1. The Labute approximate surface area is 287 Å². The van der Waals surface area contributed by atoms with Crippen molar-refractivity contribution in [2.75, 3.05) is 24.6 Å². The Bertz CT molecular complexity index is 1700. The van der Waals surface area contributed by atoms with Crippen LogP contribution < -0.4 is 9.64 Å². The molecule has 1 atom stereocenters. The van der Waals surface area contributed by atoms with Crippen LogP contribution in [0.15, 0.2) is 106 Å². The van der Waals surface area contributed by atoms with Gasteiger partial charge in [0.25, 0.3) is 0 Å². The van der Waals surface area contributed by atoms with Crippen molar-refractivity contribution < 1.29 is 24.1 Å². The maximum absolute atomic E-state index is 13.7. The summed E-state index contributed by atoms with van der Waals surface area (Å²) in [5.74, 6) is 3.48. The first kappa shape index (κ1) is 35.1. The lowest BCUT2D eigenvalue weighted by Gasteiger charge is -2.34. The molecule has 4 aliphatic rings. The SMILES string of the molecule is CCC(CC)COC1=CC2OC(C(C)(C)C)=CC(C=C3C(=O)C(C=C4C=C(C(C)(C)C)Oc5cc(N(CC)CC)ccc54)=C3O)=C2C=C1. The van der Waals surface area contributed by atoms with Crippen LogP contribution in [0.5, 0.6) is 5.75 Å². The number of fused-ring (bicyclic) bond motifs is 2. The van der Waals surface area contributed by atoms with Gasteiger partial charge in [-0.15, -0.1) is 0 Å². The number of rotatable bonds is 10. The predicted octanol–water partition coefficient (Wildman–Crippen LogP) is 10.1. The highest BCUT2D eigenvalue weighted by molar-refractivity contribution is 6.22. The number of Topliss-reactive ketones (excluding diaryl/α,β-unsaturated/α-hetero) is 1. The van der Waals surface area contributed by atoms with E-state index in [9.17, 15) is 9.90 Å². The van der Waals surface area contributed by atoms with Gasteiger partial charge in [-0.25, -0.2) is 0 Å². The molecular formula is C42H53NO5. The van der Waals surface area contributed by atoms with Gasteiger partial charge in [-0.05, 0) is 73.4 Å². The van der Waals surface area contributed by atoms with Crippen molar-refractivity contribution >= 4 is 17.0 Å². The van der Waals surface area contributed by atoms with Crippen molar-refractivity contribution in [3.8, 4) is 5.75 Å². The summed E-state index contributed by atoms with van der Waals surface area (Å²) < 4.78 is 19.1. The molecule has 256 valence electrons. The van der Waals surface area contributed by atoms with E-state index < -0.39 is 0 Å². The molecule has 1 unspecified atom stereocenters. The molecule has 0 bridgehead atoms. The van der Waals surface area contributed by atoms with Crippen LogP contribution in [-0.4, -0.2) is 36.7 Å². The molecule has 1 N–H and O–H groups in total. The highest BCUT2D eigenvalue weighted by Crippen LogP contribution is 2.44. The van der Waals surface area contributed by atoms with Gasteiger partial charge in [0, 0.05) is 52.9 Å². The number of ketones is 1. The third kappa shape index (κ3) is 7.13. The van der Waals surface area contributed by atoms with Crippen molar-refractivity contribution in [3.63, 3.8) is 0 Å². The Morgan fingerprint density at radius 3 is 2.23 bits per heavy atom. The zero-order chi connectivity index (χ0) is 35.0. The van der Waals surface area contributed by atoms with Gasteiger partial charge in [-0.3, -0.25) is 4.79 Å². The van der Waals surface area contributed by atoms with Gasteiger partial charge in [-0.2, -0.15) is 0 Å². The number of carbonyl (C=O) groups is 1. The molecule has 6 nitrogen and oxygen atoms in total. The van der Waals surface area contributed by atoms with Crippen LogP contribution >= 0.6 is 0 Å². The highest BCUT2D eigenvalue weighted by Gasteiger charge is 2.36. The average Bonchev–Trinajstić information content (AvgIpc) is 3.05. The van der Waals surface area contributed by atoms with Crippen molar-refractivity contribution in [1.29, 1.82) is 0 Å². The van der Waals surface area contributed by atoms with Gasteiger partial charge < -0.3 is 24.2 Å². The molecule has 0 saturated carbocycles. The minimum atomic E-state index is -0.346. The first-order valence-corrected chi connectivity index (χ1v) is 17.5. The summed E-state index contributed by atoms with van der Waals surface area (Å²) in [7, 11) is 0. The fourth-order valence-electron chi connectivity index (χ4n) is 6.16. The molecule has 0 radical (unpaired) electrons. The molecule has 0 fully saturated rings. The van der Waals surface area contributed by atoms with Crippen LogP contribution in [0.4, 0.5) is 5.69 Å². The van der Waals surface area contributed by atoms with Crippen LogP contribution in [-0.2, 0) is 14.3 Å². The molecule has 0 aromatic heterocycles. The monoisotopic (exact) mass is 651 g/mol. The first-order valence-electron chi connectivity index (χ1n) is 17.5. The number of hydrogen-bond acceptors (Lipinski definition) is 6. The molecule has 0 spiro atoms. The van der Waals surface area contributed by atoms with Gasteiger partial charge in [0.1, 0.15) is 34.9 Å². The number of allylic oxidation sites excluding steroid dienone is 11. The molecule has 0 saturated heterocycles. The summed E-state index contributed by atoms with van der Waals surface area (Å²) in [5.41, 5.74) is 4.68. The van der Waals surface area contributed by atoms with Gasteiger partial charge in [-0.1, -0.05) is 74.3 Å². The van der Waals surface area contributed by atoms with Crippen LogP contribution in [0, 0.1) is 16.7 Å². The molecule has 1 aromatic rings. The van der Waals surface area contributed by atoms with Crippen LogP contribution in [0.1, 0.15) is 87.6 Å². The Balaban J connectivity index is 1.52. The summed E-state index contributed by atoms with van der Waals surface area (Å²) >= 11 is 0. The van der Waals surface area contributed by atoms with Crippen LogP contribution in [0.2, 0.25) is 0 Å². The van der Waals surface area contributed by atoms with E-state index in [0.29, 0.717) is 23.7 Å². The van der Waals surface area contributed by atoms with E-state index in [1.165, 1.54) is 0 Å². The lowest BCUT2D eigenvalue weighted by Crippen LogP contribution is -2.27. The van der Waals surface area contributed by atoms with E-state index in [0.717, 1.165) is 76.9 Å². The molecule has 48 heavy (non-hydrogen) atoms. The Hall–Kier alpha value is -4.19. The number of aliphatic hydroxyl groups excluding tert-OH is 1. The second kappa shape index (κ2) is 13.7. The number of hydrogen-bond donors (Lipinski definition) is 1. The fraction of sp³-hybridized carbons (Fsp3) is 0.452. The lowest BCUT2D eigenvalue weighted by molar-refractivity contribution is -0.113. The topological polar surface area (TPSA) is 68.2 Å². The molecule has 5 rings (SSSR count). The molecule has 6 heteroatoms. The van der Waals surface area contributed by atoms with E-state index in [1.54, 1.807) is 12.2 Å². The number of anilines is 1. The van der Waals surface area contributed by atoms with Crippen molar-refractivity contribution in [3.05, 3.63) is 112 Å². The van der Waals surface area contributed by atoms with E-state index in [-0.39, 0.29) is 28.5 Å². The van der Waals surface area contributed by atoms with Crippen molar-refractivity contribution in [1.82, 2.24) is 0 Å². The Kier molecular flexibility index (Phi) is 10.1. The fourth-order valence-corrected chi connectivity index (χ4v) is 6.16. The summed E-state index contributed by atoms with van der Waals surface area (Å²) in [6, 6.07) is 6.20.